The summed E-state index contributed by atoms with van der Waals surface area (Å²) in [5, 5.41) is 8.66. The Kier molecular flexibility index (Phi) is 7.58. The number of hydrogen-bond donors (Lipinski definition) is 0. The lowest BCUT2D eigenvalue weighted by Crippen LogP contribution is -2.10. The Hall–Kier alpha value is -6.59. The molecule has 0 aliphatic rings. The summed E-state index contributed by atoms with van der Waals surface area (Å²) in [6.07, 6.45) is 0. The summed E-state index contributed by atoms with van der Waals surface area (Å²) in [6, 6.07) is 70.4. The van der Waals surface area contributed by atoms with Gasteiger partial charge in [-0.3, -0.25) is 0 Å². The molecule has 0 spiro atoms. The number of thiophene rings is 1. The number of benzene rings is 9. The molecule has 0 atom stereocenters. The Balaban J connectivity index is 1.03. The van der Waals surface area contributed by atoms with Crippen LogP contribution >= 0.6 is 22.7 Å². The number of nitrogens with zero attached hydrogens (tertiary/aromatic N) is 2. The van der Waals surface area contributed by atoms with E-state index in [1.807, 2.05) is 11.3 Å². The lowest BCUT2D eigenvalue weighted by atomic mass is 10.00. The molecule has 2 nitrogen and oxygen atoms in total. The Morgan fingerprint density at radius 1 is 0.364 bits per heavy atom. The van der Waals surface area contributed by atoms with Crippen LogP contribution in [0.3, 0.4) is 0 Å². The van der Waals surface area contributed by atoms with Gasteiger partial charge in [0.2, 0.25) is 0 Å². The first kappa shape index (κ1) is 31.9. The van der Waals surface area contributed by atoms with E-state index in [0.717, 1.165) is 33.1 Å². The fraction of sp³-hybridized carbons (Fsp3) is 0. The third-order valence-electron chi connectivity index (χ3n) is 10.7. The predicted molar refractivity (Wildman–Crippen MR) is 239 cm³/mol. The molecule has 55 heavy (non-hydrogen) atoms. The van der Waals surface area contributed by atoms with E-state index in [2.05, 4.69) is 199 Å². The Bertz CT molecular complexity index is 3200. The van der Waals surface area contributed by atoms with Gasteiger partial charge in [0.25, 0.3) is 0 Å². The molecule has 0 bridgehead atoms. The van der Waals surface area contributed by atoms with E-state index < -0.39 is 0 Å². The van der Waals surface area contributed by atoms with Crippen molar-refractivity contribution >= 4 is 91.7 Å². The maximum Gasteiger partial charge on any atom is 0.124 e. The van der Waals surface area contributed by atoms with Crippen molar-refractivity contribution in [2.45, 2.75) is 0 Å². The van der Waals surface area contributed by atoms with Gasteiger partial charge in [0.05, 0.1) is 10.2 Å². The normalized spacial score (nSPS) is 11.6. The molecular weight excluding hydrogens is 705 g/mol. The Labute approximate surface area is 326 Å². The van der Waals surface area contributed by atoms with Crippen LogP contribution in [0.5, 0.6) is 0 Å². The zero-order valence-electron chi connectivity index (χ0n) is 29.7. The molecule has 9 aromatic carbocycles. The smallest absolute Gasteiger partial charge is 0.124 e. The van der Waals surface area contributed by atoms with Gasteiger partial charge in [-0.05, 0) is 104 Å². The zero-order chi connectivity index (χ0) is 36.3. The fourth-order valence-electron chi connectivity index (χ4n) is 7.96. The number of aromatic nitrogens is 1. The number of rotatable bonds is 6. The van der Waals surface area contributed by atoms with Crippen LogP contribution < -0.4 is 4.90 Å². The summed E-state index contributed by atoms with van der Waals surface area (Å²) in [5.41, 5.74) is 10.3. The van der Waals surface area contributed by atoms with E-state index in [9.17, 15) is 0 Å². The van der Waals surface area contributed by atoms with Crippen LogP contribution in [-0.4, -0.2) is 4.98 Å². The molecule has 0 amide bonds. The molecule has 0 saturated heterocycles. The third kappa shape index (κ3) is 5.58. The molecule has 0 unspecified atom stereocenters. The molecule has 0 aliphatic carbocycles. The molecule has 11 rings (SSSR count). The van der Waals surface area contributed by atoms with Crippen molar-refractivity contribution in [1.82, 2.24) is 4.98 Å². The van der Waals surface area contributed by atoms with Crippen molar-refractivity contribution in [3.8, 4) is 32.8 Å². The van der Waals surface area contributed by atoms with Crippen LogP contribution in [0.1, 0.15) is 0 Å². The minimum absolute atomic E-state index is 1.06. The average Bonchev–Trinajstić information content (AvgIpc) is 3.86. The van der Waals surface area contributed by atoms with Crippen molar-refractivity contribution in [3.05, 3.63) is 194 Å². The summed E-state index contributed by atoms with van der Waals surface area (Å²) in [4.78, 5) is 7.44. The van der Waals surface area contributed by atoms with Crippen LogP contribution in [0.25, 0.3) is 84.8 Å². The van der Waals surface area contributed by atoms with E-state index in [1.54, 1.807) is 11.3 Å². The number of fused-ring (bicyclic) bond motifs is 8. The van der Waals surface area contributed by atoms with Crippen LogP contribution in [-0.2, 0) is 0 Å². The molecule has 4 heteroatoms. The molecule has 0 N–H and O–H groups in total. The van der Waals surface area contributed by atoms with Crippen molar-refractivity contribution in [3.63, 3.8) is 0 Å². The first-order valence-corrected chi connectivity index (χ1v) is 20.2. The molecule has 258 valence electrons. The first-order chi connectivity index (χ1) is 27.2. The SMILES string of the molecule is c1ccc(-c2cccc(N(c3ccc(-c4ccc5sc6ccc7nc(-c8ccccc8)sc7c6c5c4)cc3)c3ccc4ccc5ccccc5c4c3)c2)cc1. The topological polar surface area (TPSA) is 16.1 Å². The van der Waals surface area contributed by atoms with E-state index >= 15 is 0 Å². The van der Waals surface area contributed by atoms with Crippen LogP contribution in [0, 0.1) is 0 Å². The summed E-state index contributed by atoms with van der Waals surface area (Å²) in [7, 11) is 0. The van der Waals surface area contributed by atoms with E-state index in [1.165, 1.54) is 68.7 Å². The van der Waals surface area contributed by atoms with Gasteiger partial charge in [0.15, 0.2) is 0 Å². The molecule has 2 aromatic heterocycles. The number of anilines is 3. The molecule has 0 saturated carbocycles. The third-order valence-corrected chi connectivity index (χ3v) is 12.9. The summed E-state index contributed by atoms with van der Waals surface area (Å²) < 4.78 is 3.85. The van der Waals surface area contributed by atoms with Crippen LogP contribution in [0.4, 0.5) is 17.1 Å². The van der Waals surface area contributed by atoms with Crippen molar-refractivity contribution in [1.29, 1.82) is 0 Å². The average molecular weight is 737 g/mol. The van der Waals surface area contributed by atoms with E-state index in [-0.39, 0.29) is 0 Å². The molecule has 0 fully saturated rings. The minimum atomic E-state index is 1.06. The largest absolute Gasteiger partial charge is 0.310 e. The van der Waals surface area contributed by atoms with Crippen LogP contribution in [0.15, 0.2) is 194 Å². The second-order valence-electron chi connectivity index (χ2n) is 14.0. The summed E-state index contributed by atoms with van der Waals surface area (Å²) in [6.45, 7) is 0. The quantitative estimate of drug-likeness (QED) is 0.158. The predicted octanol–water partition coefficient (Wildman–Crippen LogP) is 15.4. The van der Waals surface area contributed by atoms with Gasteiger partial charge >= 0.3 is 0 Å². The number of hydrogen-bond acceptors (Lipinski definition) is 4. The molecule has 0 aliphatic heterocycles. The highest BCUT2D eigenvalue weighted by Crippen LogP contribution is 2.44. The molecule has 2 heterocycles. The highest BCUT2D eigenvalue weighted by Gasteiger charge is 2.17. The van der Waals surface area contributed by atoms with E-state index in [0.29, 0.717) is 0 Å². The maximum atomic E-state index is 5.05. The van der Waals surface area contributed by atoms with Gasteiger partial charge in [-0.25, -0.2) is 4.98 Å². The van der Waals surface area contributed by atoms with Gasteiger partial charge in [-0.15, -0.1) is 22.7 Å². The Morgan fingerprint density at radius 3 is 1.82 bits per heavy atom. The summed E-state index contributed by atoms with van der Waals surface area (Å²) in [5.74, 6) is 0. The van der Waals surface area contributed by atoms with Gasteiger partial charge in [-0.2, -0.15) is 0 Å². The summed E-state index contributed by atoms with van der Waals surface area (Å²) >= 11 is 3.65. The molecule has 11 aromatic rings. The van der Waals surface area contributed by atoms with Gasteiger partial charge in [0, 0.05) is 42.8 Å². The highest BCUT2D eigenvalue weighted by molar-refractivity contribution is 7.28. The maximum absolute atomic E-state index is 5.05. The standard InChI is InChI=1S/C51H32N2S2/c1-3-10-33(11-4-1)38-15-9-16-41(30-38)53(42-26-22-36-19-18-35-12-7-8-17-43(35)44(36)32-42)40-24-20-34(21-25-40)39-23-28-47-45(31-39)49-48(54-47)29-27-46-50(49)55-51(52-46)37-13-5-2-6-14-37/h1-32H. The Morgan fingerprint density at radius 2 is 0.982 bits per heavy atom. The lowest BCUT2D eigenvalue weighted by Gasteiger charge is -2.27. The van der Waals surface area contributed by atoms with Gasteiger partial charge in [0.1, 0.15) is 5.01 Å². The second-order valence-corrected chi connectivity index (χ2v) is 16.1. The van der Waals surface area contributed by atoms with Gasteiger partial charge < -0.3 is 4.90 Å². The molecular formula is C51H32N2S2. The first-order valence-electron chi connectivity index (χ1n) is 18.5. The minimum Gasteiger partial charge on any atom is -0.310 e. The fourth-order valence-corrected chi connectivity index (χ4v) is 10.3. The van der Waals surface area contributed by atoms with Crippen molar-refractivity contribution in [2.24, 2.45) is 0 Å². The van der Waals surface area contributed by atoms with Crippen LogP contribution in [0.2, 0.25) is 0 Å². The van der Waals surface area contributed by atoms with Gasteiger partial charge in [-0.1, -0.05) is 133 Å². The van der Waals surface area contributed by atoms with Crippen molar-refractivity contribution < 1.29 is 0 Å². The van der Waals surface area contributed by atoms with Crippen molar-refractivity contribution in [2.75, 3.05) is 4.90 Å². The molecule has 0 radical (unpaired) electrons. The lowest BCUT2D eigenvalue weighted by molar-refractivity contribution is 1.29. The second kappa shape index (κ2) is 13.1. The highest BCUT2D eigenvalue weighted by atomic mass is 32.1. The zero-order valence-corrected chi connectivity index (χ0v) is 31.3. The number of thiazole rings is 1. The monoisotopic (exact) mass is 736 g/mol. The van der Waals surface area contributed by atoms with E-state index in [4.69, 9.17) is 4.98 Å².